The summed E-state index contributed by atoms with van der Waals surface area (Å²) in [4.78, 5) is 14.6. The predicted molar refractivity (Wildman–Crippen MR) is 85.1 cm³/mol. The molecule has 1 fully saturated rings. The molecule has 0 aromatic heterocycles. The van der Waals surface area contributed by atoms with E-state index >= 15 is 0 Å². The van der Waals surface area contributed by atoms with E-state index in [4.69, 9.17) is 5.73 Å². The molecular formula is C18H26N2O. The van der Waals surface area contributed by atoms with E-state index in [-0.39, 0.29) is 17.2 Å². The molecule has 1 aromatic carbocycles. The SMILES string of the molecule is CC(CN)C(=O)N1CCCC2(CCCc3ccccc32)C1. The molecule has 3 rings (SSSR count). The van der Waals surface area contributed by atoms with Crippen LogP contribution in [0.2, 0.25) is 0 Å². The minimum Gasteiger partial charge on any atom is -0.342 e. The van der Waals surface area contributed by atoms with Gasteiger partial charge in [0.05, 0.1) is 0 Å². The van der Waals surface area contributed by atoms with Gasteiger partial charge in [-0.25, -0.2) is 0 Å². The average molecular weight is 286 g/mol. The van der Waals surface area contributed by atoms with Crippen LogP contribution in [-0.2, 0) is 16.6 Å². The molecule has 1 aliphatic carbocycles. The fourth-order valence-corrected chi connectivity index (χ4v) is 4.16. The number of rotatable bonds is 2. The molecule has 3 nitrogen and oxygen atoms in total. The van der Waals surface area contributed by atoms with Crippen molar-refractivity contribution < 1.29 is 4.79 Å². The predicted octanol–water partition coefficient (Wildman–Crippen LogP) is 2.48. The molecule has 2 N–H and O–H groups in total. The lowest BCUT2D eigenvalue weighted by molar-refractivity contribution is -0.137. The first kappa shape index (κ1) is 14.6. The second-order valence-corrected chi connectivity index (χ2v) is 6.79. The highest BCUT2D eigenvalue weighted by Crippen LogP contribution is 2.43. The van der Waals surface area contributed by atoms with Crippen LogP contribution >= 0.6 is 0 Å². The van der Waals surface area contributed by atoms with E-state index < -0.39 is 0 Å². The fourth-order valence-electron chi connectivity index (χ4n) is 4.16. The van der Waals surface area contributed by atoms with E-state index in [9.17, 15) is 4.79 Å². The van der Waals surface area contributed by atoms with Crippen molar-refractivity contribution >= 4 is 5.91 Å². The van der Waals surface area contributed by atoms with Gasteiger partial charge in [0.1, 0.15) is 0 Å². The maximum Gasteiger partial charge on any atom is 0.226 e. The normalized spacial score (nSPS) is 26.5. The van der Waals surface area contributed by atoms with E-state index in [1.54, 1.807) is 0 Å². The third-order valence-corrected chi connectivity index (χ3v) is 5.35. The zero-order chi connectivity index (χ0) is 14.9. The van der Waals surface area contributed by atoms with Gasteiger partial charge in [0, 0.05) is 31.0 Å². The molecule has 1 saturated heterocycles. The van der Waals surface area contributed by atoms with E-state index in [0.29, 0.717) is 6.54 Å². The van der Waals surface area contributed by atoms with Crippen LogP contribution in [0.4, 0.5) is 0 Å². The first-order valence-electron chi connectivity index (χ1n) is 8.23. The lowest BCUT2D eigenvalue weighted by atomic mass is 9.66. The molecule has 0 saturated carbocycles. The fraction of sp³-hybridized carbons (Fsp3) is 0.611. The molecule has 114 valence electrons. The Kier molecular flexibility index (Phi) is 4.03. The van der Waals surface area contributed by atoms with Crippen LogP contribution in [0.15, 0.2) is 24.3 Å². The van der Waals surface area contributed by atoms with Gasteiger partial charge < -0.3 is 10.6 Å². The number of benzene rings is 1. The smallest absolute Gasteiger partial charge is 0.226 e. The third kappa shape index (κ3) is 2.59. The molecule has 1 heterocycles. The van der Waals surface area contributed by atoms with E-state index in [1.807, 2.05) is 6.92 Å². The van der Waals surface area contributed by atoms with Gasteiger partial charge in [-0.15, -0.1) is 0 Å². The Morgan fingerprint density at radius 2 is 2.10 bits per heavy atom. The van der Waals surface area contributed by atoms with Crippen LogP contribution in [0, 0.1) is 5.92 Å². The van der Waals surface area contributed by atoms with E-state index in [0.717, 1.165) is 19.5 Å². The first-order chi connectivity index (χ1) is 10.2. The molecule has 1 aliphatic heterocycles. The highest BCUT2D eigenvalue weighted by molar-refractivity contribution is 5.79. The number of carbonyl (C=O) groups excluding carboxylic acids is 1. The lowest BCUT2D eigenvalue weighted by Gasteiger charge is -2.47. The highest BCUT2D eigenvalue weighted by Gasteiger charge is 2.41. The summed E-state index contributed by atoms with van der Waals surface area (Å²) < 4.78 is 0. The molecule has 21 heavy (non-hydrogen) atoms. The van der Waals surface area contributed by atoms with E-state index in [2.05, 4.69) is 29.2 Å². The van der Waals surface area contributed by atoms with Gasteiger partial charge >= 0.3 is 0 Å². The van der Waals surface area contributed by atoms with Crippen LogP contribution in [0.5, 0.6) is 0 Å². The zero-order valence-electron chi connectivity index (χ0n) is 13.0. The Hall–Kier alpha value is -1.35. The van der Waals surface area contributed by atoms with Crippen LogP contribution < -0.4 is 5.73 Å². The second-order valence-electron chi connectivity index (χ2n) is 6.79. The molecule has 0 radical (unpaired) electrons. The number of aryl methyl sites for hydroxylation is 1. The van der Waals surface area contributed by atoms with Crippen LogP contribution in [0.1, 0.15) is 43.7 Å². The van der Waals surface area contributed by atoms with Gasteiger partial charge in [0.25, 0.3) is 0 Å². The Bertz CT molecular complexity index is 528. The monoisotopic (exact) mass is 286 g/mol. The van der Waals surface area contributed by atoms with Crippen molar-refractivity contribution in [3.8, 4) is 0 Å². The summed E-state index contributed by atoms with van der Waals surface area (Å²) in [6.07, 6.45) is 5.96. The minimum absolute atomic E-state index is 0.0565. The maximum atomic E-state index is 12.5. The Morgan fingerprint density at radius 3 is 2.90 bits per heavy atom. The van der Waals surface area contributed by atoms with E-state index in [1.165, 1.54) is 36.8 Å². The van der Waals surface area contributed by atoms with Gasteiger partial charge in [-0.1, -0.05) is 31.2 Å². The van der Waals surface area contributed by atoms with Gasteiger partial charge in [-0.2, -0.15) is 0 Å². The Morgan fingerprint density at radius 1 is 1.33 bits per heavy atom. The second kappa shape index (κ2) is 5.80. The number of hydrogen-bond donors (Lipinski definition) is 1. The number of nitrogens with zero attached hydrogens (tertiary/aromatic N) is 1. The van der Waals surface area contributed by atoms with Crippen molar-refractivity contribution in [2.45, 2.75) is 44.4 Å². The Balaban J connectivity index is 1.88. The van der Waals surface area contributed by atoms with Gasteiger partial charge in [-0.3, -0.25) is 4.79 Å². The van der Waals surface area contributed by atoms with Gasteiger partial charge in [0.15, 0.2) is 0 Å². The molecule has 0 bridgehead atoms. The lowest BCUT2D eigenvalue weighted by Crippen LogP contribution is -2.51. The molecule has 2 atom stereocenters. The van der Waals surface area contributed by atoms with Crippen LogP contribution in [0.3, 0.4) is 0 Å². The number of carbonyl (C=O) groups is 1. The van der Waals surface area contributed by atoms with Gasteiger partial charge in [-0.05, 0) is 43.2 Å². The zero-order valence-corrected chi connectivity index (χ0v) is 13.0. The number of likely N-dealkylation sites (tertiary alicyclic amines) is 1. The number of amides is 1. The van der Waals surface area contributed by atoms with Crippen molar-refractivity contribution in [2.24, 2.45) is 11.7 Å². The number of nitrogens with two attached hydrogens (primary N) is 1. The Labute approximate surface area is 127 Å². The van der Waals surface area contributed by atoms with Crippen molar-refractivity contribution in [3.05, 3.63) is 35.4 Å². The summed E-state index contributed by atoms with van der Waals surface area (Å²) in [6, 6.07) is 8.84. The minimum atomic E-state index is -0.0565. The van der Waals surface area contributed by atoms with Crippen LogP contribution in [-0.4, -0.2) is 30.4 Å². The molecule has 1 spiro atoms. The molecule has 3 heteroatoms. The largest absolute Gasteiger partial charge is 0.342 e. The topological polar surface area (TPSA) is 46.3 Å². The highest BCUT2D eigenvalue weighted by atomic mass is 16.2. The van der Waals surface area contributed by atoms with Crippen molar-refractivity contribution in [3.63, 3.8) is 0 Å². The number of piperidine rings is 1. The standard InChI is InChI=1S/C18H26N2O/c1-14(12-19)17(21)20-11-5-10-18(13-20)9-4-7-15-6-2-3-8-16(15)18/h2-3,6,8,14H,4-5,7,9-13,19H2,1H3. The summed E-state index contributed by atoms with van der Waals surface area (Å²) in [6.45, 7) is 4.16. The van der Waals surface area contributed by atoms with Gasteiger partial charge in [0.2, 0.25) is 5.91 Å². The van der Waals surface area contributed by atoms with Crippen molar-refractivity contribution in [2.75, 3.05) is 19.6 Å². The maximum absolute atomic E-state index is 12.5. The quantitative estimate of drug-likeness (QED) is 0.908. The molecule has 1 aromatic rings. The number of hydrogen-bond acceptors (Lipinski definition) is 2. The van der Waals surface area contributed by atoms with Crippen LogP contribution in [0.25, 0.3) is 0 Å². The molecule has 2 aliphatic rings. The molecule has 2 unspecified atom stereocenters. The molecular weight excluding hydrogens is 260 g/mol. The summed E-state index contributed by atoms with van der Waals surface area (Å²) in [5.41, 5.74) is 8.86. The summed E-state index contributed by atoms with van der Waals surface area (Å²) in [5.74, 6) is 0.179. The summed E-state index contributed by atoms with van der Waals surface area (Å²) in [7, 11) is 0. The summed E-state index contributed by atoms with van der Waals surface area (Å²) >= 11 is 0. The van der Waals surface area contributed by atoms with Crippen molar-refractivity contribution in [1.82, 2.24) is 4.90 Å². The number of fused-ring (bicyclic) bond motifs is 2. The third-order valence-electron chi connectivity index (χ3n) is 5.35. The molecule has 1 amide bonds. The first-order valence-corrected chi connectivity index (χ1v) is 8.23. The van der Waals surface area contributed by atoms with Crippen molar-refractivity contribution in [1.29, 1.82) is 0 Å². The average Bonchev–Trinajstić information content (AvgIpc) is 2.54. The summed E-state index contributed by atoms with van der Waals surface area (Å²) in [5, 5.41) is 0.